The van der Waals surface area contributed by atoms with Crippen molar-refractivity contribution < 1.29 is 14.3 Å². The number of aromatic nitrogens is 2. The average Bonchev–Trinajstić information content (AvgIpc) is 2.77. The fraction of sp³-hybridized carbons (Fsp3) is 0.0909. The second kappa shape index (κ2) is 9.83. The molecule has 8 heteroatoms. The van der Waals surface area contributed by atoms with Crippen LogP contribution < -0.4 is 21.1 Å². The van der Waals surface area contributed by atoms with E-state index in [1.807, 2.05) is 30.3 Å². The second-order valence-electron chi connectivity index (χ2n) is 6.17. The van der Waals surface area contributed by atoms with Crippen LogP contribution in [0.3, 0.4) is 0 Å². The third-order valence-electron chi connectivity index (χ3n) is 4.10. The Kier molecular flexibility index (Phi) is 6.73. The first-order chi connectivity index (χ1) is 14.6. The molecular formula is C22H21N5O3. The Bertz CT molecular complexity index is 1040. The number of anilines is 2. The minimum absolute atomic E-state index is 0.0669. The van der Waals surface area contributed by atoms with Gasteiger partial charge in [-0.05, 0) is 42.5 Å². The molecule has 8 nitrogen and oxygen atoms in total. The topological polar surface area (TPSA) is 119 Å². The zero-order chi connectivity index (χ0) is 21.3. The number of carbonyl (C=O) groups is 2. The van der Waals surface area contributed by atoms with E-state index in [0.717, 1.165) is 0 Å². The van der Waals surface area contributed by atoms with Crippen LogP contribution in [-0.2, 0) is 4.79 Å². The van der Waals surface area contributed by atoms with E-state index in [1.165, 1.54) is 12.4 Å². The molecule has 4 N–H and O–H groups in total. The molecule has 0 unspecified atom stereocenters. The van der Waals surface area contributed by atoms with Gasteiger partial charge in [0.05, 0.1) is 0 Å². The van der Waals surface area contributed by atoms with Gasteiger partial charge in [0, 0.05) is 18.7 Å². The Morgan fingerprint density at radius 2 is 1.70 bits per heavy atom. The first-order valence-corrected chi connectivity index (χ1v) is 9.20. The van der Waals surface area contributed by atoms with Crippen molar-refractivity contribution in [2.24, 2.45) is 0 Å². The highest BCUT2D eigenvalue weighted by Crippen LogP contribution is 2.25. The molecule has 0 aliphatic rings. The van der Waals surface area contributed by atoms with E-state index in [2.05, 4.69) is 27.2 Å². The van der Waals surface area contributed by atoms with E-state index in [1.54, 1.807) is 24.3 Å². The van der Waals surface area contributed by atoms with Gasteiger partial charge in [-0.25, -0.2) is 9.97 Å². The van der Waals surface area contributed by atoms with Gasteiger partial charge in [-0.3, -0.25) is 9.59 Å². The molecule has 0 aliphatic heterocycles. The summed E-state index contributed by atoms with van der Waals surface area (Å²) in [5, 5.41) is 5.63. The molecule has 0 atom stereocenters. The maximum atomic E-state index is 13.0. The van der Waals surface area contributed by atoms with E-state index in [4.69, 9.17) is 10.5 Å². The Morgan fingerprint density at radius 3 is 2.40 bits per heavy atom. The van der Waals surface area contributed by atoms with Crippen molar-refractivity contribution in [3.8, 4) is 11.5 Å². The predicted octanol–water partition coefficient (Wildman–Crippen LogP) is 2.80. The lowest BCUT2D eigenvalue weighted by atomic mass is 10.0. The van der Waals surface area contributed by atoms with E-state index < -0.39 is 0 Å². The van der Waals surface area contributed by atoms with E-state index in [-0.39, 0.29) is 23.1 Å². The lowest BCUT2D eigenvalue weighted by molar-refractivity contribution is -0.116. The van der Waals surface area contributed by atoms with Gasteiger partial charge in [-0.15, -0.1) is 0 Å². The Balaban J connectivity index is 1.72. The van der Waals surface area contributed by atoms with Crippen molar-refractivity contribution in [3.05, 3.63) is 84.7 Å². The summed E-state index contributed by atoms with van der Waals surface area (Å²) in [6.45, 7) is 4.06. The third kappa shape index (κ3) is 5.20. The summed E-state index contributed by atoms with van der Waals surface area (Å²) in [7, 11) is 0. The van der Waals surface area contributed by atoms with Crippen molar-refractivity contribution in [2.45, 2.75) is 0 Å². The van der Waals surface area contributed by atoms with E-state index >= 15 is 0 Å². The summed E-state index contributed by atoms with van der Waals surface area (Å²) in [4.78, 5) is 32.3. The lowest BCUT2D eigenvalue weighted by Gasteiger charge is -2.12. The fourth-order valence-corrected chi connectivity index (χ4v) is 2.64. The van der Waals surface area contributed by atoms with Gasteiger partial charge in [0.2, 0.25) is 5.91 Å². The van der Waals surface area contributed by atoms with Gasteiger partial charge in [0.25, 0.3) is 0 Å². The number of hydrogen-bond acceptors (Lipinski definition) is 7. The summed E-state index contributed by atoms with van der Waals surface area (Å²) in [6.07, 6.45) is 2.45. The third-order valence-corrected chi connectivity index (χ3v) is 4.10. The highest BCUT2D eigenvalue weighted by atomic mass is 16.5. The Hall–Kier alpha value is -4.20. The number of nitrogens with zero attached hydrogens (tertiary/aromatic N) is 2. The summed E-state index contributed by atoms with van der Waals surface area (Å²) < 4.78 is 5.75. The molecule has 0 aliphatic carbocycles. The van der Waals surface area contributed by atoms with Crippen LogP contribution in [0.2, 0.25) is 0 Å². The largest absolute Gasteiger partial charge is 0.457 e. The van der Waals surface area contributed by atoms with Crippen LogP contribution in [0.4, 0.5) is 11.6 Å². The van der Waals surface area contributed by atoms with Crippen molar-refractivity contribution in [3.63, 3.8) is 0 Å². The number of nitrogen functional groups attached to an aromatic ring is 1. The van der Waals surface area contributed by atoms with Crippen LogP contribution in [0, 0.1) is 0 Å². The number of carbonyl (C=O) groups excluding carboxylic acids is 2. The molecule has 1 heterocycles. The number of hydrogen-bond donors (Lipinski definition) is 3. The molecule has 0 spiro atoms. The van der Waals surface area contributed by atoms with E-state index in [9.17, 15) is 9.59 Å². The zero-order valence-corrected chi connectivity index (χ0v) is 16.2. The minimum Gasteiger partial charge on any atom is -0.457 e. The van der Waals surface area contributed by atoms with Crippen LogP contribution in [0.1, 0.15) is 15.9 Å². The molecule has 1 amide bonds. The van der Waals surface area contributed by atoms with Gasteiger partial charge in [0.1, 0.15) is 35.0 Å². The van der Waals surface area contributed by atoms with Gasteiger partial charge in [-0.2, -0.15) is 0 Å². The number of nitrogens with two attached hydrogens (primary N) is 1. The smallest absolute Gasteiger partial charge is 0.243 e. The van der Waals surface area contributed by atoms with Crippen molar-refractivity contribution in [1.82, 2.24) is 15.3 Å². The number of nitrogens with one attached hydrogen (secondary N) is 2. The molecule has 2 aromatic carbocycles. The number of rotatable bonds is 9. The van der Waals surface area contributed by atoms with Crippen molar-refractivity contribution in [2.75, 3.05) is 24.1 Å². The number of ether oxygens (including phenoxy) is 1. The summed E-state index contributed by atoms with van der Waals surface area (Å²) >= 11 is 0. The van der Waals surface area contributed by atoms with Gasteiger partial charge < -0.3 is 21.1 Å². The SMILES string of the molecule is C=CC(=O)NCCNc1ncnc(N)c1C(=O)c1ccc(Oc2ccccc2)cc1. The minimum atomic E-state index is -0.322. The normalized spacial score (nSPS) is 10.1. The van der Waals surface area contributed by atoms with Crippen LogP contribution in [-0.4, -0.2) is 34.7 Å². The molecule has 3 aromatic rings. The number of para-hydroxylation sites is 1. The number of amides is 1. The molecule has 3 rings (SSSR count). The first kappa shape index (κ1) is 20.5. The van der Waals surface area contributed by atoms with Crippen LogP contribution in [0.5, 0.6) is 11.5 Å². The number of benzene rings is 2. The maximum absolute atomic E-state index is 13.0. The lowest BCUT2D eigenvalue weighted by Crippen LogP contribution is -2.27. The molecule has 0 saturated heterocycles. The first-order valence-electron chi connectivity index (χ1n) is 9.20. The quantitative estimate of drug-likeness (QED) is 0.285. The molecule has 152 valence electrons. The highest BCUT2D eigenvalue weighted by Gasteiger charge is 2.19. The van der Waals surface area contributed by atoms with Gasteiger partial charge >= 0.3 is 0 Å². The molecule has 1 aromatic heterocycles. The molecule has 30 heavy (non-hydrogen) atoms. The van der Waals surface area contributed by atoms with Gasteiger partial charge in [-0.1, -0.05) is 24.8 Å². The molecule has 0 fully saturated rings. The summed E-state index contributed by atoms with van der Waals surface area (Å²) in [6, 6.07) is 16.1. The summed E-state index contributed by atoms with van der Waals surface area (Å²) in [5.41, 5.74) is 6.53. The fourth-order valence-electron chi connectivity index (χ4n) is 2.64. The monoisotopic (exact) mass is 403 g/mol. The van der Waals surface area contributed by atoms with E-state index in [0.29, 0.717) is 36.0 Å². The predicted molar refractivity (Wildman–Crippen MR) is 115 cm³/mol. The summed E-state index contributed by atoms with van der Waals surface area (Å²) in [5.74, 6) is 1.06. The van der Waals surface area contributed by atoms with Crippen molar-refractivity contribution >= 4 is 23.3 Å². The van der Waals surface area contributed by atoms with Crippen LogP contribution in [0.15, 0.2) is 73.6 Å². The second-order valence-corrected chi connectivity index (χ2v) is 6.17. The standard InChI is InChI=1S/C22H21N5O3/c1-2-18(28)24-12-13-25-22-19(21(23)26-14-27-22)20(29)15-8-10-17(11-9-15)30-16-6-4-3-5-7-16/h2-11,14H,1,12-13H2,(H,24,28)(H3,23,25,26,27). The van der Waals surface area contributed by atoms with Crippen molar-refractivity contribution in [1.29, 1.82) is 0 Å². The molecular weight excluding hydrogens is 382 g/mol. The van der Waals surface area contributed by atoms with Crippen LogP contribution >= 0.6 is 0 Å². The zero-order valence-electron chi connectivity index (χ0n) is 16.2. The Labute approximate surface area is 173 Å². The molecule has 0 saturated carbocycles. The number of ketones is 1. The Morgan fingerprint density at radius 1 is 1.00 bits per heavy atom. The average molecular weight is 403 g/mol. The highest BCUT2D eigenvalue weighted by molar-refractivity contribution is 6.14. The van der Waals surface area contributed by atoms with Crippen LogP contribution in [0.25, 0.3) is 0 Å². The molecule has 0 radical (unpaired) electrons. The molecule has 0 bridgehead atoms. The maximum Gasteiger partial charge on any atom is 0.243 e. The van der Waals surface area contributed by atoms with Gasteiger partial charge in [0.15, 0.2) is 5.78 Å².